The average Bonchev–Trinajstić information content (AvgIpc) is 2.91. The molecule has 2 atom stereocenters. The van der Waals surface area contributed by atoms with E-state index in [0.717, 1.165) is 47.8 Å². The van der Waals surface area contributed by atoms with Crippen molar-refractivity contribution in [3.8, 4) is 11.5 Å². The van der Waals surface area contributed by atoms with Gasteiger partial charge in [-0.05, 0) is 84.4 Å². The quantitative estimate of drug-likeness (QED) is 0.214. The van der Waals surface area contributed by atoms with Gasteiger partial charge in [0.1, 0.15) is 29.2 Å². The first-order valence-electron chi connectivity index (χ1n) is 16.2. The number of Topliss-reactive ketones (excluding diaryl/α,β-unsaturated/α-hetero) is 2. The van der Waals surface area contributed by atoms with Gasteiger partial charge in [0.2, 0.25) is 5.36 Å². The minimum absolute atomic E-state index is 0.0878. The van der Waals surface area contributed by atoms with Crippen LogP contribution in [0.25, 0.3) is 0 Å². The number of fused-ring (bicyclic) bond motifs is 4. The van der Waals surface area contributed by atoms with Gasteiger partial charge in [-0.2, -0.15) is 8.42 Å². The lowest BCUT2D eigenvalue weighted by molar-refractivity contribution is -0.117. The lowest BCUT2D eigenvalue weighted by Gasteiger charge is -2.48. The molecule has 2 unspecified atom stereocenters. The van der Waals surface area contributed by atoms with Crippen molar-refractivity contribution in [2.45, 2.75) is 116 Å². The van der Waals surface area contributed by atoms with E-state index in [1.54, 1.807) is 13.8 Å². The monoisotopic (exact) mass is 638 g/mol. The van der Waals surface area contributed by atoms with Crippen molar-refractivity contribution >= 4 is 33.1 Å². The number of anilines is 1. The van der Waals surface area contributed by atoms with Crippen molar-refractivity contribution in [2.24, 2.45) is 4.99 Å². The van der Waals surface area contributed by atoms with E-state index in [4.69, 9.17) is 9.73 Å². The van der Waals surface area contributed by atoms with E-state index in [2.05, 4.69) is 56.2 Å². The minimum atomic E-state index is -4.23. The fourth-order valence-corrected chi connectivity index (χ4v) is 8.55. The summed E-state index contributed by atoms with van der Waals surface area (Å²) in [5.74, 6) is 1.14. The van der Waals surface area contributed by atoms with E-state index in [-0.39, 0.29) is 22.9 Å². The highest BCUT2D eigenvalue weighted by Crippen LogP contribution is 2.49. The molecule has 0 saturated carbocycles. The Bertz CT molecular complexity index is 1760. The number of hydrogen-bond donors (Lipinski definition) is 1. The summed E-state index contributed by atoms with van der Waals surface area (Å²) in [7, 11) is -4.23. The number of rotatable bonds is 11. The normalized spacial score (nSPS) is 21.1. The lowest BCUT2D eigenvalue weighted by atomic mass is 9.79. The van der Waals surface area contributed by atoms with Crippen LogP contribution < -0.4 is 24.9 Å². The predicted molar refractivity (Wildman–Crippen MR) is 176 cm³/mol. The molecule has 9 nitrogen and oxygen atoms in total. The number of hydrogen-bond acceptors (Lipinski definition) is 7. The van der Waals surface area contributed by atoms with Gasteiger partial charge in [-0.3, -0.25) is 4.55 Å². The molecule has 3 heterocycles. The van der Waals surface area contributed by atoms with E-state index in [9.17, 15) is 22.6 Å². The van der Waals surface area contributed by atoms with E-state index >= 15 is 0 Å². The zero-order valence-corrected chi connectivity index (χ0v) is 28.6. The molecule has 0 bridgehead atoms. The molecule has 10 heteroatoms. The minimum Gasteiger partial charge on any atom is -0.452 e. The summed E-state index contributed by atoms with van der Waals surface area (Å²) >= 11 is 0. The fourth-order valence-electron chi connectivity index (χ4n) is 7.74. The fraction of sp³-hybridized carbons (Fsp3) is 0.600. The van der Waals surface area contributed by atoms with E-state index in [1.165, 1.54) is 5.56 Å². The molecule has 244 valence electrons. The van der Waals surface area contributed by atoms with Crippen LogP contribution in [0.4, 0.5) is 11.4 Å². The zero-order valence-electron chi connectivity index (χ0n) is 27.8. The molecular formula is C35H48N3O6S+. The van der Waals surface area contributed by atoms with Gasteiger partial charge < -0.3 is 19.2 Å². The third-order valence-electron chi connectivity index (χ3n) is 9.82. The summed E-state index contributed by atoms with van der Waals surface area (Å²) < 4.78 is 43.1. The van der Waals surface area contributed by atoms with Crippen LogP contribution in [0.15, 0.2) is 29.3 Å². The van der Waals surface area contributed by atoms with Crippen molar-refractivity contribution in [1.82, 2.24) is 4.58 Å². The van der Waals surface area contributed by atoms with Gasteiger partial charge in [0, 0.05) is 61.0 Å². The second-order valence-corrected chi connectivity index (χ2v) is 16.0. The Morgan fingerprint density at radius 1 is 0.978 bits per heavy atom. The van der Waals surface area contributed by atoms with Crippen LogP contribution in [-0.2, 0) is 19.7 Å². The first kappa shape index (κ1) is 33.3. The number of ketones is 2. The molecule has 2 aromatic rings. The van der Waals surface area contributed by atoms with Gasteiger partial charge in [0.15, 0.2) is 17.0 Å². The van der Waals surface area contributed by atoms with Gasteiger partial charge >= 0.3 is 0 Å². The topological polar surface area (TPSA) is 116 Å². The molecule has 3 aliphatic heterocycles. The number of ether oxygens (including phenoxy) is 1. The molecule has 2 aromatic carbocycles. The molecule has 0 aromatic heterocycles. The van der Waals surface area contributed by atoms with Gasteiger partial charge in [-0.1, -0.05) is 6.92 Å². The van der Waals surface area contributed by atoms with Crippen molar-refractivity contribution in [2.75, 3.05) is 23.7 Å². The number of benzene rings is 2. The van der Waals surface area contributed by atoms with Crippen LogP contribution in [0, 0.1) is 0 Å². The van der Waals surface area contributed by atoms with Gasteiger partial charge in [-0.25, -0.2) is 9.57 Å². The summed E-state index contributed by atoms with van der Waals surface area (Å²) in [5, 5.41) is 1.86. The Hall–Kier alpha value is -3.11. The van der Waals surface area contributed by atoms with Crippen molar-refractivity contribution in [1.29, 1.82) is 0 Å². The molecular weight excluding hydrogens is 590 g/mol. The highest BCUT2D eigenvalue weighted by molar-refractivity contribution is 7.85. The highest BCUT2D eigenvalue weighted by atomic mass is 32.2. The Labute approximate surface area is 267 Å². The zero-order chi connectivity index (χ0) is 32.9. The molecule has 5 rings (SSSR count). The van der Waals surface area contributed by atoms with Crippen LogP contribution in [-0.4, -0.2) is 54.5 Å². The first-order valence-corrected chi connectivity index (χ1v) is 17.8. The summed E-state index contributed by atoms with van der Waals surface area (Å²) in [6, 6.07) is 8.11. The van der Waals surface area contributed by atoms with E-state index in [0.29, 0.717) is 55.3 Å². The maximum Gasteiger partial charge on any atom is 0.265 e. The second kappa shape index (κ2) is 12.2. The SMILES string of the molecule is CCC1CC(C)(C)[N+](CCCC(C)=O)=c2cc3c(cc21)=Nc1cc2c(cc1O3)N(CCCC(C)=O)C(C)(C)CC2CS(=O)(=O)O. The Morgan fingerprint density at radius 2 is 1.67 bits per heavy atom. The second-order valence-electron chi connectivity index (χ2n) is 14.5. The third kappa shape index (κ3) is 7.02. The molecule has 0 radical (unpaired) electrons. The van der Waals surface area contributed by atoms with Crippen molar-refractivity contribution < 1.29 is 27.3 Å². The third-order valence-corrected chi connectivity index (χ3v) is 10.6. The smallest absolute Gasteiger partial charge is 0.265 e. The molecule has 0 amide bonds. The van der Waals surface area contributed by atoms with Crippen molar-refractivity contribution in [3.05, 3.63) is 46.1 Å². The van der Waals surface area contributed by atoms with Gasteiger partial charge in [0.25, 0.3) is 10.1 Å². The Balaban J connectivity index is 1.65. The largest absolute Gasteiger partial charge is 0.452 e. The predicted octanol–water partition coefficient (Wildman–Crippen LogP) is 5.61. The summed E-state index contributed by atoms with van der Waals surface area (Å²) in [6.45, 7) is 15.5. The van der Waals surface area contributed by atoms with Crippen LogP contribution in [0.2, 0.25) is 0 Å². The summed E-state index contributed by atoms with van der Waals surface area (Å²) in [4.78, 5) is 30.8. The summed E-state index contributed by atoms with van der Waals surface area (Å²) in [6.07, 6.45) is 4.98. The van der Waals surface area contributed by atoms with Gasteiger partial charge in [0.05, 0.1) is 11.8 Å². The van der Waals surface area contributed by atoms with Gasteiger partial charge in [-0.15, -0.1) is 0 Å². The van der Waals surface area contributed by atoms with E-state index < -0.39 is 21.6 Å². The molecule has 0 fully saturated rings. The molecule has 0 saturated heterocycles. The molecule has 3 aliphatic rings. The Kier molecular flexibility index (Phi) is 9.05. The molecule has 45 heavy (non-hydrogen) atoms. The first-order chi connectivity index (χ1) is 21.0. The maximum absolute atomic E-state index is 12.1. The lowest BCUT2D eigenvalue weighted by Crippen LogP contribution is -2.53. The summed E-state index contributed by atoms with van der Waals surface area (Å²) in [5.41, 5.74) is 3.01. The van der Waals surface area contributed by atoms with Crippen LogP contribution >= 0.6 is 0 Å². The van der Waals surface area contributed by atoms with Crippen LogP contribution in [0.5, 0.6) is 11.5 Å². The standard InChI is InChI=1S/C35H47N3O6S/c1-8-24-19-34(4,5)37(13-9-11-22(2)39)30-17-32-28(15-26(24)30)36-29-16-27-25(21-45(41,42)43)20-35(6,7)38(14-10-12-23(3)40)31(27)18-33(29)44-32/h15-18,24-25H,8-14,19-21H2,1-7H3/p+1. The maximum atomic E-state index is 12.1. The molecule has 0 spiro atoms. The average molecular weight is 639 g/mol. The highest BCUT2D eigenvalue weighted by Gasteiger charge is 2.42. The number of carbonyl (C=O) groups is 2. The number of nitrogens with zero attached hydrogens (tertiary/aromatic N) is 3. The Morgan fingerprint density at radius 3 is 2.31 bits per heavy atom. The van der Waals surface area contributed by atoms with Crippen molar-refractivity contribution in [3.63, 3.8) is 0 Å². The number of carbonyl (C=O) groups excluding carboxylic acids is 2. The van der Waals surface area contributed by atoms with Crippen LogP contribution in [0.1, 0.15) is 116 Å². The molecule has 1 N–H and O–H groups in total. The van der Waals surface area contributed by atoms with E-state index in [1.807, 2.05) is 12.1 Å². The molecule has 0 aliphatic carbocycles. The van der Waals surface area contributed by atoms with Crippen LogP contribution in [0.3, 0.4) is 0 Å².